The summed E-state index contributed by atoms with van der Waals surface area (Å²) in [6.45, 7) is 6.66. The van der Waals surface area contributed by atoms with Gasteiger partial charge < -0.3 is 9.64 Å². The highest BCUT2D eigenvalue weighted by molar-refractivity contribution is 5.96. The minimum Gasteiger partial charge on any atom is -0.370 e. The summed E-state index contributed by atoms with van der Waals surface area (Å²) in [7, 11) is 0. The summed E-state index contributed by atoms with van der Waals surface area (Å²) in [6.07, 6.45) is 8.47. The third-order valence-corrected chi connectivity index (χ3v) is 5.61. The number of carbonyl (C=O) groups is 1. The SMILES string of the molecule is Cc1ccncc1C(=O)N1CC2(CC(N3CCCCC3)CO2)C1. The van der Waals surface area contributed by atoms with Crippen molar-refractivity contribution in [3.8, 4) is 0 Å². The van der Waals surface area contributed by atoms with Gasteiger partial charge in [0.25, 0.3) is 5.91 Å². The second-order valence-corrected chi connectivity index (χ2v) is 7.30. The van der Waals surface area contributed by atoms with Crippen molar-refractivity contribution in [3.63, 3.8) is 0 Å². The molecule has 3 aliphatic heterocycles. The number of likely N-dealkylation sites (tertiary alicyclic amines) is 2. The number of pyridine rings is 1. The van der Waals surface area contributed by atoms with Crippen LogP contribution in [0.1, 0.15) is 41.6 Å². The summed E-state index contributed by atoms with van der Waals surface area (Å²) in [5, 5.41) is 0. The molecule has 5 nitrogen and oxygen atoms in total. The van der Waals surface area contributed by atoms with E-state index in [9.17, 15) is 4.79 Å². The average molecular weight is 315 g/mol. The van der Waals surface area contributed by atoms with Gasteiger partial charge in [0.05, 0.1) is 25.3 Å². The number of hydrogen-bond donors (Lipinski definition) is 0. The maximum absolute atomic E-state index is 12.6. The molecule has 4 heterocycles. The van der Waals surface area contributed by atoms with Gasteiger partial charge in [0.2, 0.25) is 0 Å². The molecule has 0 radical (unpaired) electrons. The number of aryl methyl sites for hydroxylation is 1. The van der Waals surface area contributed by atoms with Gasteiger partial charge in [-0.2, -0.15) is 0 Å². The number of ether oxygens (including phenoxy) is 1. The second-order valence-electron chi connectivity index (χ2n) is 7.30. The largest absolute Gasteiger partial charge is 0.370 e. The van der Waals surface area contributed by atoms with E-state index in [4.69, 9.17) is 4.74 Å². The first kappa shape index (κ1) is 15.1. The fourth-order valence-corrected chi connectivity index (χ4v) is 4.21. The molecular weight excluding hydrogens is 290 g/mol. The Bertz CT molecular complexity index is 592. The van der Waals surface area contributed by atoms with Gasteiger partial charge in [0.1, 0.15) is 5.60 Å². The zero-order valence-corrected chi connectivity index (χ0v) is 13.8. The van der Waals surface area contributed by atoms with Crippen LogP contribution in [0.5, 0.6) is 0 Å². The molecule has 0 saturated carbocycles. The molecule has 1 aromatic rings. The van der Waals surface area contributed by atoms with E-state index in [1.165, 1.54) is 32.4 Å². The molecule has 0 aromatic carbocycles. The Morgan fingerprint density at radius 2 is 2.09 bits per heavy atom. The molecular formula is C18H25N3O2. The summed E-state index contributed by atoms with van der Waals surface area (Å²) < 4.78 is 6.14. The fraction of sp³-hybridized carbons (Fsp3) is 0.667. The maximum atomic E-state index is 12.6. The summed E-state index contributed by atoms with van der Waals surface area (Å²) in [6, 6.07) is 2.44. The van der Waals surface area contributed by atoms with Crippen molar-refractivity contribution in [2.24, 2.45) is 0 Å². The molecule has 1 amide bonds. The van der Waals surface area contributed by atoms with Gasteiger partial charge in [-0.1, -0.05) is 6.42 Å². The number of amides is 1. The number of hydrogen-bond acceptors (Lipinski definition) is 4. The quantitative estimate of drug-likeness (QED) is 0.836. The Hall–Kier alpha value is -1.46. The van der Waals surface area contributed by atoms with Crippen LogP contribution >= 0.6 is 0 Å². The fourth-order valence-electron chi connectivity index (χ4n) is 4.21. The molecule has 0 N–H and O–H groups in total. The molecule has 3 fully saturated rings. The number of aromatic nitrogens is 1. The van der Waals surface area contributed by atoms with E-state index in [1.54, 1.807) is 12.4 Å². The third-order valence-electron chi connectivity index (χ3n) is 5.61. The topological polar surface area (TPSA) is 45.7 Å². The minimum atomic E-state index is -0.0894. The van der Waals surface area contributed by atoms with E-state index in [2.05, 4.69) is 9.88 Å². The van der Waals surface area contributed by atoms with Gasteiger partial charge in [-0.05, 0) is 50.9 Å². The Labute approximate surface area is 137 Å². The van der Waals surface area contributed by atoms with Gasteiger partial charge in [-0.25, -0.2) is 0 Å². The van der Waals surface area contributed by atoms with Crippen LogP contribution in [-0.4, -0.2) is 65.1 Å². The second kappa shape index (κ2) is 5.87. The van der Waals surface area contributed by atoms with Crippen LogP contribution in [0.2, 0.25) is 0 Å². The Balaban J connectivity index is 1.36. The normalized spacial score (nSPS) is 27.2. The van der Waals surface area contributed by atoms with Crippen molar-refractivity contribution in [1.82, 2.24) is 14.8 Å². The number of carbonyl (C=O) groups excluding carboxylic acids is 1. The molecule has 23 heavy (non-hydrogen) atoms. The standard InChI is InChI=1S/C18H25N3O2/c1-14-5-6-19-10-16(14)17(22)21-12-18(13-21)9-15(11-23-18)20-7-3-2-4-8-20/h5-6,10,15H,2-4,7-9,11-13H2,1H3. The predicted octanol–water partition coefficient (Wildman–Crippen LogP) is 1.86. The zero-order chi connectivity index (χ0) is 15.9. The van der Waals surface area contributed by atoms with Crippen LogP contribution < -0.4 is 0 Å². The monoisotopic (exact) mass is 315 g/mol. The maximum Gasteiger partial charge on any atom is 0.255 e. The van der Waals surface area contributed by atoms with Crippen LogP contribution in [-0.2, 0) is 4.74 Å². The highest BCUT2D eigenvalue weighted by atomic mass is 16.5. The van der Waals surface area contributed by atoms with Crippen molar-refractivity contribution in [1.29, 1.82) is 0 Å². The number of piperidine rings is 1. The van der Waals surface area contributed by atoms with E-state index in [0.717, 1.165) is 31.7 Å². The summed E-state index contributed by atoms with van der Waals surface area (Å²) >= 11 is 0. The molecule has 3 saturated heterocycles. The molecule has 0 aliphatic carbocycles. The summed E-state index contributed by atoms with van der Waals surface area (Å²) in [4.78, 5) is 21.2. The van der Waals surface area contributed by atoms with E-state index in [1.807, 2.05) is 17.9 Å². The van der Waals surface area contributed by atoms with Gasteiger partial charge >= 0.3 is 0 Å². The van der Waals surface area contributed by atoms with E-state index in [-0.39, 0.29) is 11.5 Å². The lowest BCUT2D eigenvalue weighted by Gasteiger charge is -2.47. The van der Waals surface area contributed by atoms with Crippen LogP contribution in [0.25, 0.3) is 0 Å². The van der Waals surface area contributed by atoms with Crippen LogP contribution in [0.3, 0.4) is 0 Å². The Morgan fingerprint density at radius 1 is 1.30 bits per heavy atom. The average Bonchev–Trinajstić information content (AvgIpc) is 3.00. The van der Waals surface area contributed by atoms with Crippen molar-refractivity contribution in [2.75, 3.05) is 32.8 Å². The first-order valence-electron chi connectivity index (χ1n) is 8.75. The molecule has 1 atom stereocenters. The van der Waals surface area contributed by atoms with Crippen LogP contribution in [0, 0.1) is 6.92 Å². The van der Waals surface area contributed by atoms with Crippen molar-refractivity contribution >= 4 is 5.91 Å². The van der Waals surface area contributed by atoms with Gasteiger partial charge in [-0.15, -0.1) is 0 Å². The molecule has 0 bridgehead atoms. The van der Waals surface area contributed by atoms with Crippen molar-refractivity contribution < 1.29 is 9.53 Å². The first-order chi connectivity index (χ1) is 11.2. The van der Waals surface area contributed by atoms with Crippen molar-refractivity contribution in [3.05, 3.63) is 29.6 Å². The Kier molecular flexibility index (Phi) is 3.85. The molecule has 5 heteroatoms. The smallest absolute Gasteiger partial charge is 0.255 e. The molecule has 124 valence electrons. The van der Waals surface area contributed by atoms with Crippen LogP contribution in [0.15, 0.2) is 18.5 Å². The molecule has 3 aliphatic rings. The lowest BCUT2D eigenvalue weighted by Crippen LogP contribution is -2.63. The van der Waals surface area contributed by atoms with E-state index < -0.39 is 0 Å². The number of nitrogens with zero attached hydrogens (tertiary/aromatic N) is 3. The third kappa shape index (κ3) is 2.76. The lowest BCUT2D eigenvalue weighted by molar-refractivity contribution is -0.0951. The van der Waals surface area contributed by atoms with E-state index >= 15 is 0 Å². The summed E-state index contributed by atoms with van der Waals surface area (Å²) in [5.41, 5.74) is 1.62. The zero-order valence-electron chi connectivity index (χ0n) is 13.8. The predicted molar refractivity (Wildman–Crippen MR) is 87.4 cm³/mol. The van der Waals surface area contributed by atoms with Gasteiger partial charge in [0.15, 0.2) is 0 Å². The first-order valence-corrected chi connectivity index (χ1v) is 8.75. The van der Waals surface area contributed by atoms with E-state index in [0.29, 0.717) is 11.6 Å². The summed E-state index contributed by atoms with van der Waals surface area (Å²) in [5.74, 6) is 0.0891. The molecule has 4 rings (SSSR count). The highest BCUT2D eigenvalue weighted by Gasteiger charge is 2.52. The molecule has 1 aromatic heterocycles. The van der Waals surface area contributed by atoms with Gasteiger partial charge in [-0.3, -0.25) is 14.7 Å². The van der Waals surface area contributed by atoms with Crippen LogP contribution in [0.4, 0.5) is 0 Å². The molecule has 1 spiro atoms. The Morgan fingerprint density at radius 3 is 2.83 bits per heavy atom. The van der Waals surface area contributed by atoms with Crippen molar-refractivity contribution in [2.45, 2.75) is 44.2 Å². The minimum absolute atomic E-state index is 0.0891. The highest BCUT2D eigenvalue weighted by Crippen LogP contribution is 2.38. The lowest BCUT2D eigenvalue weighted by atomic mass is 9.88. The number of rotatable bonds is 2. The molecule has 1 unspecified atom stereocenters. The van der Waals surface area contributed by atoms with Gasteiger partial charge in [0, 0.05) is 18.4 Å².